The Balaban J connectivity index is 3.08. The predicted octanol–water partition coefficient (Wildman–Crippen LogP) is 1.86. The molecule has 0 bridgehead atoms. The van der Waals surface area contributed by atoms with Gasteiger partial charge in [-0.15, -0.1) is 0 Å². The summed E-state index contributed by atoms with van der Waals surface area (Å²) < 4.78 is 17.6. The summed E-state index contributed by atoms with van der Waals surface area (Å²) in [7, 11) is 1.19. The first-order valence-corrected chi connectivity index (χ1v) is 4.24. The number of hydrogen-bond donors (Lipinski definition) is 0. The quantitative estimate of drug-likeness (QED) is 0.447. The van der Waals surface area contributed by atoms with E-state index in [-0.39, 0.29) is 11.1 Å². The van der Waals surface area contributed by atoms with Crippen LogP contribution in [0.2, 0.25) is 0 Å². The summed E-state index contributed by atoms with van der Waals surface area (Å²) in [5.41, 5.74) is 0.0893. The molecule has 0 amide bonds. The average Bonchev–Trinajstić information content (AvgIpc) is 2.26. The van der Waals surface area contributed by atoms with E-state index in [9.17, 15) is 19.3 Å². The molecule has 0 radical (unpaired) electrons. The van der Waals surface area contributed by atoms with Gasteiger partial charge in [0, 0.05) is 11.6 Å². The van der Waals surface area contributed by atoms with Crippen molar-refractivity contribution in [1.29, 1.82) is 0 Å². The van der Waals surface area contributed by atoms with Crippen molar-refractivity contribution in [3.63, 3.8) is 0 Å². The van der Waals surface area contributed by atoms with Crippen LogP contribution in [0.1, 0.15) is 15.9 Å². The molecule has 0 spiro atoms. The minimum absolute atomic E-state index is 0.0420. The lowest BCUT2D eigenvalue weighted by Gasteiger charge is -2.01. The molecule has 5 nitrogen and oxygen atoms in total. The van der Waals surface area contributed by atoms with Crippen LogP contribution in [0.4, 0.5) is 4.39 Å². The number of methoxy groups -OCH3 is 1. The maximum atomic E-state index is 13.2. The molecule has 0 saturated carbocycles. The Morgan fingerprint density at radius 3 is 2.81 bits per heavy atom. The molecule has 0 fully saturated rings. The third-order valence-corrected chi connectivity index (χ3v) is 1.79. The minimum atomic E-state index is -0.718. The zero-order chi connectivity index (χ0) is 12.1. The highest BCUT2D eigenvalue weighted by molar-refractivity contribution is 5.90. The number of carbonyl (C=O) groups excluding carboxylic acids is 1. The van der Waals surface area contributed by atoms with E-state index in [4.69, 9.17) is 0 Å². The Morgan fingerprint density at radius 2 is 2.25 bits per heavy atom. The van der Waals surface area contributed by atoms with E-state index < -0.39 is 16.7 Å². The number of nitrogens with zero attached hydrogens (tertiary/aromatic N) is 1. The largest absolute Gasteiger partial charge is 0.465 e. The van der Waals surface area contributed by atoms with E-state index in [1.165, 1.54) is 19.2 Å². The molecule has 0 aliphatic heterocycles. The third-order valence-electron chi connectivity index (χ3n) is 1.79. The smallest absolute Gasteiger partial charge is 0.337 e. The van der Waals surface area contributed by atoms with Gasteiger partial charge in [0.05, 0.1) is 17.6 Å². The molecule has 0 aromatic heterocycles. The van der Waals surface area contributed by atoms with Gasteiger partial charge in [-0.2, -0.15) is 0 Å². The number of hydrogen-bond acceptors (Lipinski definition) is 4. The molecule has 16 heavy (non-hydrogen) atoms. The van der Waals surface area contributed by atoms with Gasteiger partial charge in [-0.25, -0.2) is 9.18 Å². The van der Waals surface area contributed by atoms with Gasteiger partial charge in [0.15, 0.2) is 0 Å². The van der Waals surface area contributed by atoms with Gasteiger partial charge in [0.25, 0.3) is 0 Å². The first kappa shape index (κ1) is 11.8. The lowest BCUT2D eigenvalue weighted by molar-refractivity contribution is -0.400. The first-order chi connectivity index (χ1) is 7.54. The predicted molar refractivity (Wildman–Crippen MR) is 53.8 cm³/mol. The van der Waals surface area contributed by atoms with Gasteiger partial charge < -0.3 is 4.74 Å². The fraction of sp³-hybridized carbons (Fsp3) is 0.100. The van der Waals surface area contributed by atoms with E-state index in [1.807, 2.05) is 0 Å². The second-order valence-corrected chi connectivity index (χ2v) is 2.83. The Labute approximate surface area is 90.3 Å². The van der Waals surface area contributed by atoms with Crippen LogP contribution in [-0.4, -0.2) is 18.0 Å². The molecular formula is C10H8FNO4. The van der Waals surface area contributed by atoms with Crippen molar-refractivity contribution in [3.05, 3.63) is 51.5 Å². The molecule has 1 aromatic carbocycles. The standard InChI is InChI=1S/C10H8FNO4/c1-16-10(13)8-2-3-9(11)7(6-8)4-5-12(14)15/h2-6H,1H3. The van der Waals surface area contributed by atoms with Crippen molar-refractivity contribution in [1.82, 2.24) is 0 Å². The number of nitro groups is 1. The highest BCUT2D eigenvalue weighted by Gasteiger charge is 2.08. The molecular weight excluding hydrogens is 217 g/mol. The molecule has 0 aliphatic rings. The van der Waals surface area contributed by atoms with E-state index in [2.05, 4.69) is 4.74 Å². The molecule has 1 aromatic rings. The number of rotatable bonds is 3. The van der Waals surface area contributed by atoms with Gasteiger partial charge in [0.1, 0.15) is 5.82 Å². The first-order valence-electron chi connectivity index (χ1n) is 4.24. The topological polar surface area (TPSA) is 69.4 Å². The van der Waals surface area contributed by atoms with Crippen LogP contribution in [0.25, 0.3) is 6.08 Å². The summed E-state index contributed by atoms with van der Waals surface area (Å²) in [5.74, 6) is -1.28. The van der Waals surface area contributed by atoms with Crippen LogP contribution in [0.3, 0.4) is 0 Å². The van der Waals surface area contributed by atoms with Crippen LogP contribution in [0.15, 0.2) is 24.4 Å². The highest BCUT2D eigenvalue weighted by Crippen LogP contribution is 2.13. The van der Waals surface area contributed by atoms with Gasteiger partial charge in [-0.1, -0.05) is 0 Å². The van der Waals surface area contributed by atoms with Gasteiger partial charge in [-0.05, 0) is 18.2 Å². The molecule has 0 N–H and O–H groups in total. The number of benzene rings is 1. The van der Waals surface area contributed by atoms with Crippen molar-refractivity contribution in [3.8, 4) is 0 Å². The number of ether oxygens (including phenoxy) is 1. The molecule has 0 unspecified atom stereocenters. The lowest BCUT2D eigenvalue weighted by Crippen LogP contribution is -2.01. The van der Waals surface area contributed by atoms with E-state index in [0.29, 0.717) is 6.20 Å². The van der Waals surface area contributed by atoms with Crippen LogP contribution in [-0.2, 0) is 4.74 Å². The van der Waals surface area contributed by atoms with E-state index >= 15 is 0 Å². The van der Waals surface area contributed by atoms with Crippen LogP contribution >= 0.6 is 0 Å². The van der Waals surface area contributed by atoms with E-state index in [0.717, 1.165) is 12.1 Å². The van der Waals surface area contributed by atoms with Crippen LogP contribution in [0.5, 0.6) is 0 Å². The molecule has 0 aliphatic carbocycles. The normalized spacial score (nSPS) is 10.4. The Bertz CT molecular complexity index is 456. The summed E-state index contributed by atoms with van der Waals surface area (Å²) in [6.45, 7) is 0. The molecule has 0 atom stereocenters. The fourth-order valence-electron chi connectivity index (χ4n) is 1.06. The van der Waals surface area contributed by atoms with Crippen molar-refractivity contribution in [2.45, 2.75) is 0 Å². The van der Waals surface area contributed by atoms with Crippen molar-refractivity contribution in [2.75, 3.05) is 7.11 Å². The van der Waals surface area contributed by atoms with Crippen LogP contribution in [0, 0.1) is 15.9 Å². The minimum Gasteiger partial charge on any atom is -0.465 e. The number of halogens is 1. The summed E-state index contributed by atoms with van der Waals surface area (Å²) >= 11 is 0. The van der Waals surface area contributed by atoms with Gasteiger partial charge in [0.2, 0.25) is 6.20 Å². The average molecular weight is 225 g/mol. The monoisotopic (exact) mass is 225 g/mol. The van der Waals surface area contributed by atoms with Gasteiger partial charge >= 0.3 is 5.97 Å². The Kier molecular flexibility index (Phi) is 3.71. The van der Waals surface area contributed by atoms with Crippen LogP contribution < -0.4 is 0 Å². The van der Waals surface area contributed by atoms with Gasteiger partial charge in [-0.3, -0.25) is 10.1 Å². The zero-order valence-corrected chi connectivity index (χ0v) is 8.34. The number of carbonyl (C=O) groups is 1. The van der Waals surface area contributed by atoms with Crippen molar-refractivity contribution < 1.29 is 18.8 Å². The number of esters is 1. The summed E-state index contributed by atoms with van der Waals surface area (Å²) in [5, 5.41) is 10.1. The Morgan fingerprint density at radius 1 is 1.56 bits per heavy atom. The summed E-state index contributed by atoms with van der Waals surface area (Å²) in [4.78, 5) is 20.5. The molecule has 84 valence electrons. The molecule has 1 rings (SSSR count). The lowest BCUT2D eigenvalue weighted by atomic mass is 10.1. The second kappa shape index (κ2) is 5.01. The Hall–Kier alpha value is -2.24. The molecule has 0 heterocycles. The maximum absolute atomic E-state index is 13.2. The molecule has 0 saturated heterocycles. The summed E-state index contributed by atoms with van der Waals surface area (Å²) in [6.07, 6.45) is 1.57. The SMILES string of the molecule is COC(=O)c1ccc(F)c(C=C[N+](=O)[O-])c1. The maximum Gasteiger partial charge on any atom is 0.337 e. The third kappa shape index (κ3) is 2.88. The molecule has 6 heteroatoms. The van der Waals surface area contributed by atoms with Crippen molar-refractivity contribution in [2.24, 2.45) is 0 Å². The fourth-order valence-corrected chi connectivity index (χ4v) is 1.06. The highest BCUT2D eigenvalue weighted by atomic mass is 19.1. The second-order valence-electron chi connectivity index (χ2n) is 2.83. The van der Waals surface area contributed by atoms with Crippen molar-refractivity contribution >= 4 is 12.0 Å². The summed E-state index contributed by atoms with van der Waals surface area (Å²) in [6, 6.07) is 3.47. The van der Waals surface area contributed by atoms with E-state index in [1.54, 1.807) is 0 Å². The zero-order valence-electron chi connectivity index (χ0n) is 8.34.